The smallest absolute Gasteiger partial charge is 0.340 e. The minimum atomic E-state index is -1.24. The average molecular weight is 289 g/mol. The second kappa shape index (κ2) is 6.21. The van der Waals surface area contributed by atoms with E-state index in [-0.39, 0.29) is 11.3 Å². The van der Waals surface area contributed by atoms with Crippen molar-refractivity contribution >= 4 is 17.3 Å². The third kappa shape index (κ3) is 3.10. The standard InChI is InChI=1S/C15H16FN3O2/c1-2-19(9-10-5-7-18-8-6-10)12-4-3-11(16)14(17)13(12)15(20)21/h3-8H,2,9,17H2,1H3,(H,20,21). The third-order valence-electron chi connectivity index (χ3n) is 3.23. The molecule has 1 aromatic heterocycles. The van der Waals surface area contributed by atoms with Crippen LogP contribution in [0, 0.1) is 5.82 Å². The number of carbonyl (C=O) groups is 1. The number of rotatable bonds is 5. The molecule has 21 heavy (non-hydrogen) atoms. The third-order valence-corrected chi connectivity index (χ3v) is 3.23. The van der Waals surface area contributed by atoms with Gasteiger partial charge in [0, 0.05) is 25.5 Å². The van der Waals surface area contributed by atoms with Gasteiger partial charge in [-0.25, -0.2) is 9.18 Å². The van der Waals surface area contributed by atoms with Crippen LogP contribution in [0.5, 0.6) is 0 Å². The SMILES string of the molecule is CCN(Cc1ccncc1)c1ccc(F)c(N)c1C(=O)O. The molecule has 0 saturated heterocycles. The lowest BCUT2D eigenvalue weighted by atomic mass is 10.1. The molecule has 0 unspecified atom stereocenters. The van der Waals surface area contributed by atoms with E-state index < -0.39 is 11.8 Å². The molecule has 2 aromatic rings. The van der Waals surface area contributed by atoms with Crippen molar-refractivity contribution in [1.82, 2.24) is 4.98 Å². The van der Waals surface area contributed by atoms with Gasteiger partial charge >= 0.3 is 5.97 Å². The number of nitrogens with zero attached hydrogens (tertiary/aromatic N) is 2. The van der Waals surface area contributed by atoms with E-state index in [4.69, 9.17) is 5.73 Å². The van der Waals surface area contributed by atoms with Crippen molar-refractivity contribution in [3.05, 3.63) is 53.6 Å². The molecule has 3 N–H and O–H groups in total. The molecule has 1 heterocycles. The quantitative estimate of drug-likeness (QED) is 0.827. The molecule has 0 amide bonds. The summed E-state index contributed by atoms with van der Waals surface area (Å²) in [5.74, 6) is -1.97. The number of hydrogen-bond acceptors (Lipinski definition) is 4. The zero-order valence-corrected chi connectivity index (χ0v) is 11.6. The summed E-state index contributed by atoms with van der Waals surface area (Å²) in [6.45, 7) is 2.95. The van der Waals surface area contributed by atoms with E-state index in [0.29, 0.717) is 18.8 Å². The number of aromatic carboxylic acids is 1. The van der Waals surface area contributed by atoms with Gasteiger partial charge in [0.1, 0.15) is 11.4 Å². The van der Waals surface area contributed by atoms with Crippen molar-refractivity contribution in [2.75, 3.05) is 17.2 Å². The molecule has 0 aliphatic rings. The zero-order chi connectivity index (χ0) is 15.4. The summed E-state index contributed by atoms with van der Waals surface area (Å²) in [5.41, 5.74) is 6.42. The van der Waals surface area contributed by atoms with E-state index in [1.165, 1.54) is 12.1 Å². The van der Waals surface area contributed by atoms with E-state index >= 15 is 0 Å². The number of hydrogen-bond donors (Lipinski definition) is 2. The molecule has 0 aliphatic carbocycles. The molecular formula is C15H16FN3O2. The molecule has 0 radical (unpaired) electrons. The van der Waals surface area contributed by atoms with Crippen LogP contribution in [0.25, 0.3) is 0 Å². The summed E-state index contributed by atoms with van der Waals surface area (Å²) < 4.78 is 13.5. The molecule has 110 valence electrons. The first-order valence-corrected chi connectivity index (χ1v) is 6.49. The van der Waals surface area contributed by atoms with Crippen molar-refractivity contribution in [3.8, 4) is 0 Å². The van der Waals surface area contributed by atoms with E-state index in [1.807, 2.05) is 24.0 Å². The topological polar surface area (TPSA) is 79.5 Å². The van der Waals surface area contributed by atoms with Gasteiger partial charge in [-0.2, -0.15) is 0 Å². The fraction of sp³-hybridized carbons (Fsp3) is 0.200. The van der Waals surface area contributed by atoms with E-state index in [1.54, 1.807) is 12.4 Å². The van der Waals surface area contributed by atoms with Crippen LogP contribution in [0.4, 0.5) is 15.8 Å². The van der Waals surface area contributed by atoms with Crippen molar-refractivity contribution in [1.29, 1.82) is 0 Å². The Balaban J connectivity index is 2.43. The second-order valence-corrected chi connectivity index (χ2v) is 4.53. The lowest BCUT2D eigenvalue weighted by molar-refractivity contribution is 0.0698. The molecule has 0 fully saturated rings. The number of carboxylic acids is 1. The van der Waals surface area contributed by atoms with Crippen molar-refractivity contribution < 1.29 is 14.3 Å². The number of halogens is 1. The Morgan fingerprint density at radius 3 is 2.57 bits per heavy atom. The van der Waals surface area contributed by atoms with Crippen LogP contribution in [0.15, 0.2) is 36.7 Å². The highest BCUT2D eigenvalue weighted by Gasteiger charge is 2.21. The number of anilines is 2. The average Bonchev–Trinajstić information content (AvgIpc) is 2.48. The van der Waals surface area contributed by atoms with Gasteiger partial charge < -0.3 is 15.7 Å². The van der Waals surface area contributed by atoms with Gasteiger partial charge in [0.15, 0.2) is 0 Å². The van der Waals surface area contributed by atoms with Gasteiger partial charge in [0.2, 0.25) is 0 Å². The Morgan fingerprint density at radius 1 is 1.33 bits per heavy atom. The highest BCUT2D eigenvalue weighted by atomic mass is 19.1. The summed E-state index contributed by atoms with van der Waals surface area (Å²) >= 11 is 0. The van der Waals surface area contributed by atoms with Crippen LogP contribution >= 0.6 is 0 Å². The number of carboxylic acid groups (broad SMARTS) is 1. The molecule has 6 heteroatoms. The second-order valence-electron chi connectivity index (χ2n) is 4.53. The van der Waals surface area contributed by atoms with Gasteiger partial charge in [-0.05, 0) is 36.8 Å². The maximum atomic E-state index is 13.5. The Labute approximate surface area is 121 Å². The van der Waals surface area contributed by atoms with Crippen LogP contribution in [0.2, 0.25) is 0 Å². The monoisotopic (exact) mass is 289 g/mol. The largest absolute Gasteiger partial charge is 0.478 e. The van der Waals surface area contributed by atoms with Crippen LogP contribution < -0.4 is 10.6 Å². The summed E-state index contributed by atoms with van der Waals surface area (Å²) in [4.78, 5) is 17.2. The fourth-order valence-corrected chi connectivity index (χ4v) is 2.15. The summed E-state index contributed by atoms with van der Waals surface area (Å²) in [6.07, 6.45) is 3.33. The molecule has 0 atom stereocenters. The molecule has 0 aliphatic heterocycles. The molecule has 0 bridgehead atoms. The minimum Gasteiger partial charge on any atom is -0.478 e. The lowest BCUT2D eigenvalue weighted by Crippen LogP contribution is -2.25. The zero-order valence-electron chi connectivity index (χ0n) is 11.6. The van der Waals surface area contributed by atoms with Gasteiger partial charge in [-0.3, -0.25) is 4.98 Å². The number of nitrogen functional groups attached to an aromatic ring is 1. The number of nitrogens with two attached hydrogens (primary N) is 1. The highest BCUT2D eigenvalue weighted by Crippen LogP contribution is 2.29. The van der Waals surface area contributed by atoms with Crippen LogP contribution in [0.1, 0.15) is 22.8 Å². The Kier molecular flexibility index (Phi) is 4.37. The fourth-order valence-electron chi connectivity index (χ4n) is 2.15. The van der Waals surface area contributed by atoms with Crippen LogP contribution in [-0.2, 0) is 6.54 Å². The number of pyridine rings is 1. The lowest BCUT2D eigenvalue weighted by Gasteiger charge is -2.25. The molecule has 1 aromatic carbocycles. The van der Waals surface area contributed by atoms with E-state index in [2.05, 4.69) is 4.98 Å². The molecule has 5 nitrogen and oxygen atoms in total. The molecule has 0 spiro atoms. The van der Waals surface area contributed by atoms with E-state index in [0.717, 1.165) is 5.56 Å². The molecular weight excluding hydrogens is 273 g/mol. The Morgan fingerprint density at radius 2 is 2.00 bits per heavy atom. The van der Waals surface area contributed by atoms with E-state index in [9.17, 15) is 14.3 Å². The number of aromatic nitrogens is 1. The first-order chi connectivity index (χ1) is 10.0. The summed E-state index contributed by atoms with van der Waals surface area (Å²) in [5, 5.41) is 9.30. The molecule has 2 rings (SSSR count). The normalized spacial score (nSPS) is 10.4. The summed E-state index contributed by atoms with van der Waals surface area (Å²) in [6, 6.07) is 6.32. The first kappa shape index (κ1) is 14.8. The van der Waals surface area contributed by atoms with Gasteiger partial charge in [-0.1, -0.05) is 0 Å². The first-order valence-electron chi connectivity index (χ1n) is 6.49. The predicted octanol–water partition coefficient (Wildman–Crippen LogP) is 2.53. The predicted molar refractivity (Wildman–Crippen MR) is 78.7 cm³/mol. The van der Waals surface area contributed by atoms with Crippen LogP contribution in [0.3, 0.4) is 0 Å². The van der Waals surface area contributed by atoms with Gasteiger partial charge in [0.25, 0.3) is 0 Å². The minimum absolute atomic E-state index is 0.203. The Hall–Kier alpha value is -2.63. The van der Waals surface area contributed by atoms with Gasteiger partial charge in [-0.15, -0.1) is 0 Å². The van der Waals surface area contributed by atoms with Crippen LogP contribution in [-0.4, -0.2) is 22.6 Å². The highest BCUT2D eigenvalue weighted by molar-refractivity contribution is 6.00. The van der Waals surface area contributed by atoms with Crippen molar-refractivity contribution in [2.45, 2.75) is 13.5 Å². The van der Waals surface area contributed by atoms with Crippen molar-refractivity contribution in [2.24, 2.45) is 0 Å². The molecule has 0 saturated carbocycles. The summed E-state index contributed by atoms with van der Waals surface area (Å²) in [7, 11) is 0. The Bertz CT molecular complexity index is 647. The maximum absolute atomic E-state index is 13.5. The van der Waals surface area contributed by atoms with Crippen molar-refractivity contribution in [3.63, 3.8) is 0 Å². The van der Waals surface area contributed by atoms with Gasteiger partial charge in [0.05, 0.1) is 11.4 Å². The maximum Gasteiger partial charge on any atom is 0.340 e. The number of benzene rings is 1.